The van der Waals surface area contributed by atoms with E-state index in [1.807, 2.05) is 12.4 Å². The largest absolute Gasteiger partial charge is 0.395 e. The standard InChI is InChI=1S/C15H26N4O/c1-17-9-6-16-15(17)11-19-8-2-4-13(19)10-18-7-3-5-14(18)12-20/h6,9,13-14,20H,2-5,7-8,10-12H2,1H3. The highest BCUT2D eigenvalue weighted by Crippen LogP contribution is 2.24. The Bertz CT molecular complexity index is 433. The van der Waals surface area contributed by atoms with Crippen molar-refractivity contribution >= 4 is 0 Å². The van der Waals surface area contributed by atoms with Crippen LogP contribution in [-0.4, -0.2) is 62.8 Å². The van der Waals surface area contributed by atoms with Crippen molar-refractivity contribution in [1.82, 2.24) is 19.4 Å². The summed E-state index contributed by atoms with van der Waals surface area (Å²) in [5, 5.41) is 9.45. The van der Waals surface area contributed by atoms with E-state index < -0.39 is 0 Å². The molecule has 0 bridgehead atoms. The molecule has 0 aromatic carbocycles. The van der Waals surface area contributed by atoms with Gasteiger partial charge in [-0.3, -0.25) is 9.80 Å². The Morgan fingerprint density at radius 3 is 2.65 bits per heavy atom. The third kappa shape index (κ3) is 2.90. The van der Waals surface area contributed by atoms with Gasteiger partial charge in [-0.05, 0) is 38.8 Å². The fraction of sp³-hybridized carbons (Fsp3) is 0.800. The van der Waals surface area contributed by atoms with Gasteiger partial charge in [-0.25, -0.2) is 4.98 Å². The quantitative estimate of drug-likeness (QED) is 0.867. The number of aromatic nitrogens is 2. The summed E-state index contributed by atoms with van der Waals surface area (Å²) in [6, 6.07) is 1.02. The number of rotatable bonds is 5. The number of likely N-dealkylation sites (tertiary alicyclic amines) is 2. The molecule has 0 saturated carbocycles. The van der Waals surface area contributed by atoms with Crippen molar-refractivity contribution in [2.75, 3.05) is 26.2 Å². The second-order valence-electron chi connectivity index (χ2n) is 6.19. The minimum atomic E-state index is 0.312. The van der Waals surface area contributed by atoms with E-state index in [4.69, 9.17) is 0 Å². The number of aliphatic hydroxyl groups excluding tert-OH is 1. The fourth-order valence-corrected chi connectivity index (χ4v) is 3.65. The molecule has 112 valence electrons. The van der Waals surface area contributed by atoms with Crippen molar-refractivity contribution in [2.45, 2.75) is 44.3 Å². The molecule has 0 aliphatic carbocycles. The Balaban J connectivity index is 1.59. The molecule has 2 saturated heterocycles. The molecular weight excluding hydrogens is 252 g/mol. The van der Waals surface area contributed by atoms with Gasteiger partial charge in [0.05, 0.1) is 13.2 Å². The summed E-state index contributed by atoms with van der Waals surface area (Å²) in [5.41, 5.74) is 0. The van der Waals surface area contributed by atoms with Crippen LogP contribution in [0.3, 0.4) is 0 Å². The molecule has 0 amide bonds. The topological polar surface area (TPSA) is 44.5 Å². The van der Waals surface area contributed by atoms with Crippen LogP contribution in [0.5, 0.6) is 0 Å². The molecule has 3 rings (SSSR count). The Kier molecular flexibility index (Phi) is 4.38. The number of hydrogen-bond donors (Lipinski definition) is 1. The lowest BCUT2D eigenvalue weighted by molar-refractivity contribution is 0.118. The summed E-state index contributed by atoms with van der Waals surface area (Å²) in [5.74, 6) is 1.15. The average Bonchev–Trinajstić information content (AvgIpc) is 3.15. The van der Waals surface area contributed by atoms with Gasteiger partial charge in [0.1, 0.15) is 5.82 Å². The highest BCUT2D eigenvalue weighted by molar-refractivity contribution is 4.94. The zero-order valence-electron chi connectivity index (χ0n) is 12.4. The fourth-order valence-electron chi connectivity index (χ4n) is 3.65. The van der Waals surface area contributed by atoms with Gasteiger partial charge in [0.25, 0.3) is 0 Å². The summed E-state index contributed by atoms with van der Waals surface area (Å²) in [6.07, 6.45) is 8.84. The molecule has 2 atom stereocenters. The molecule has 1 N–H and O–H groups in total. The van der Waals surface area contributed by atoms with Crippen LogP contribution in [0.1, 0.15) is 31.5 Å². The zero-order valence-corrected chi connectivity index (χ0v) is 12.4. The van der Waals surface area contributed by atoms with Crippen LogP contribution < -0.4 is 0 Å². The van der Waals surface area contributed by atoms with Crippen LogP contribution in [0.2, 0.25) is 0 Å². The van der Waals surface area contributed by atoms with Gasteiger partial charge in [0.15, 0.2) is 0 Å². The van der Waals surface area contributed by atoms with Crippen molar-refractivity contribution in [3.8, 4) is 0 Å². The van der Waals surface area contributed by atoms with Crippen LogP contribution in [0, 0.1) is 0 Å². The molecule has 2 unspecified atom stereocenters. The Morgan fingerprint density at radius 2 is 1.95 bits per heavy atom. The normalized spacial score (nSPS) is 28.5. The molecule has 20 heavy (non-hydrogen) atoms. The first-order valence-electron chi connectivity index (χ1n) is 7.83. The lowest BCUT2D eigenvalue weighted by atomic mass is 10.2. The predicted octanol–water partition coefficient (Wildman–Crippen LogP) is 0.841. The highest BCUT2D eigenvalue weighted by Gasteiger charge is 2.31. The SMILES string of the molecule is Cn1ccnc1CN1CCCC1CN1CCCC1CO. The maximum Gasteiger partial charge on any atom is 0.122 e. The van der Waals surface area contributed by atoms with Gasteiger partial charge < -0.3 is 9.67 Å². The molecule has 1 aromatic heterocycles. The number of imidazole rings is 1. The maximum atomic E-state index is 9.45. The summed E-state index contributed by atoms with van der Waals surface area (Å²) in [7, 11) is 2.07. The number of aliphatic hydroxyl groups is 1. The second kappa shape index (κ2) is 6.24. The average molecular weight is 278 g/mol. The molecule has 2 aliphatic rings. The molecule has 5 heteroatoms. The zero-order chi connectivity index (χ0) is 13.9. The molecule has 5 nitrogen and oxygen atoms in total. The Morgan fingerprint density at radius 1 is 1.20 bits per heavy atom. The van der Waals surface area contributed by atoms with E-state index in [9.17, 15) is 5.11 Å². The van der Waals surface area contributed by atoms with E-state index in [1.165, 1.54) is 25.8 Å². The monoisotopic (exact) mass is 278 g/mol. The number of nitrogens with zero attached hydrogens (tertiary/aromatic N) is 4. The van der Waals surface area contributed by atoms with E-state index in [2.05, 4.69) is 26.4 Å². The molecule has 0 spiro atoms. The predicted molar refractivity (Wildman–Crippen MR) is 78.3 cm³/mol. The summed E-state index contributed by atoms with van der Waals surface area (Å²) >= 11 is 0. The lowest BCUT2D eigenvalue weighted by Crippen LogP contribution is -2.43. The summed E-state index contributed by atoms with van der Waals surface area (Å²) in [4.78, 5) is 9.50. The van der Waals surface area contributed by atoms with Crippen molar-refractivity contribution in [2.24, 2.45) is 7.05 Å². The van der Waals surface area contributed by atoms with Gasteiger partial charge in [-0.15, -0.1) is 0 Å². The van der Waals surface area contributed by atoms with Crippen LogP contribution in [0.15, 0.2) is 12.4 Å². The summed E-state index contributed by atoms with van der Waals surface area (Å²) < 4.78 is 2.11. The van der Waals surface area contributed by atoms with Gasteiger partial charge in [-0.1, -0.05) is 0 Å². The lowest BCUT2D eigenvalue weighted by Gasteiger charge is -2.31. The molecular formula is C15H26N4O. The third-order valence-corrected chi connectivity index (χ3v) is 4.92. The molecule has 2 fully saturated rings. The van der Waals surface area contributed by atoms with Gasteiger partial charge in [0.2, 0.25) is 0 Å². The van der Waals surface area contributed by atoms with E-state index in [-0.39, 0.29) is 0 Å². The van der Waals surface area contributed by atoms with Gasteiger partial charge in [-0.2, -0.15) is 0 Å². The van der Waals surface area contributed by atoms with Crippen LogP contribution in [0.25, 0.3) is 0 Å². The molecule has 3 heterocycles. The van der Waals surface area contributed by atoms with Crippen molar-refractivity contribution < 1.29 is 5.11 Å². The van der Waals surface area contributed by atoms with Crippen LogP contribution in [0.4, 0.5) is 0 Å². The first-order valence-corrected chi connectivity index (χ1v) is 7.83. The van der Waals surface area contributed by atoms with E-state index in [0.717, 1.165) is 31.9 Å². The first-order chi connectivity index (χ1) is 9.78. The minimum Gasteiger partial charge on any atom is -0.395 e. The van der Waals surface area contributed by atoms with Crippen molar-refractivity contribution in [1.29, 1.82) is 0 Å². The Hall–Kier alpha value is -0.910. The molecule has 2 aliphatic heterocycles. The highest BCUT2D eigenvalue weighted by atomic mass is 16.3. The van der Waals surface area contributed by atoms with Crippen molar-refractivity contribution in [3.05, 3.63) is 18.2 Å². The van der Waals surface area contributed by atoms with E-state index >= 15 is 0 Å². The van der Waals surface area contributed by atoms with E-state index in [1.54, 1.807) is 0 Å². The smallest absolute Gasteiger partial charge is 0.122 e. The van der Waals surface area contributed by atoms with Gasteiger partial charge in [0, 0.05) is 38.1 Å². The Labute approximate surface area is 121 Å². The number of aryl methyl sites for hydroxylation is 1. The third-order valence-electron chi connectivity index (χ3n) is 4.92. The molecule has 1 aromatic rings. The van der Waals surface area contributed by atoms with Crippen LogP contribution in [-0.2, 0) is 13.6 Å². The minimum absolute atomic E-state index is 0.312. The number of hydrogen-bond acceptors (Lipinski definition) is 4. The summed E-state index contributed by atoms with van der Waals surface area (Å²) in [6.45, 7) is 4.70. The van der Waals surface area contributed by atoms with Crippen LogP contribution >= 0.6 is 0 Å². The van der Waals surface area contributed by atoms with Crippen molar-refractivity contribution in [3.63, 3.8) is 0 Å². The first kappa shape index (κ1) is 14.0. The molecule has 0 radical (unpaired) electrons. The second-order valence-corrected chi connectivity index (χ2v) is 6.19. The van der Waals surface area contributed by atoms with Gasteiger partial charge >= 0.3 is 0 Å². The van der Waals surface area contributed by atoms with E-state index in [0.29, 0.717) is 18.7 Å². The maximum absolute atomic E-state index is 9.45.